The molecule has 0 unspecified atom stereocenters. The van der Waals surface area contributed by atoms with Crippen molar-refractivity contribution in [2.75, 3.05) is 36.8 Å². The van der Waals surface area contributed by atoms with Crippen LogP contribution in [0.3, 0.4) is 0 Å². The number of amides is 1. The fourth-order valence-corrected chi connectivity index (χ4v) is 4.00. The van der Waals surface area contributed by atoms with Crippen LogP contribution < -0.4 is 4.90 Å². The van der Waals surface area contributed by atoms with Crippen molar-refractivity contribution in [3.05, 3.63) is 34.2 Å². The normalized spacial score (nSPS) is 11.0. The standard InChI is InChI=1S/C16H21BrN4OS2/c1-3-20(4-2)8-9-21(14-7-5-6-13(17)10-14)15(22)11-23-16-19-18-12-24-16/h5-7,10,12H,3-4,8-9,11H2,1-2H3. The summed E-state index contributed by atoms with van der Waals surface area (Å²) in [4.78, 5) is 16.9. The summed E-state index contributed by atoms with van der Waals surface area (Å²) in [6.45, 7) is 7.77. The van der Waals surface area contributed by atoms with Crippen LogP contribution in [-0.4, -0.2) is 52.9 Å². The molecule has 2 rings (SSSR count). The van der Waals surface area contributed by atoms with Crippen LogP contribution in [-0.2, 0) is 4.79 Å². The van der Waals surface area contributed by atoms with Crippen molar-refractivity contribution in [1.82, 2.24) is 15.1 Å². The van der Waals surface area contributed by atoms with E-state index in [1.165, 1.54) is 23.1 Å². The number of halogens is 1. The summed E-state index contributed by atoms with van der Waals surface area (Å²) in [5.41, 5.74) is 2.60. The number of likely N-dealkylation sites (N-methyl/N-ethyl adjacent to an activating group) is 1. The van der Waals surface area contributed by atoms with Gasteiger partial charge < -0.3 is 9.80 Å². The van der Waals surface area contributed by atoms with Crippen molar-refractivity contribution < 1.29 is 4.79 Å². The Morgan fingerprint density at radius 2 is 2.08 bits per heavy atom. The number of carbonyl (C=O) groups is 1. The van der Waals surface area contributed by atoms with Crippen LogP contribution in [0.15, 0.2) is 38.6 Å². The highest BCUT2D eigenvalue weighted by Crippen LogP contribution is 2.23. The molecule has 2 aromatic rings. The minimum Gasteiger partial charge on any atom is -0.310 e. The summed E-state index contributed by atoms with van der Waals surface area (Å²) in [5.74, 6) is 0.445. The zero-order chi connectivity index (χ0) is 17.4. The maximum Gasteiger partial charge on any atom is 0.237 e. The van der Waals surface area contributed by atoms with Crippen LogP contribution in [0.5, 0.6) is 0 Å². The quantitative estimate of drug-likeness (QED) is 0.568. The molecule has 1 heterocycles. The second-order valence-electron chi connectivity index (χ2n) is 5.05. The van der Waals surface area contributed by atoms with E-state index in [1.807, 2.05) is 29.2 Å². The van der Waals surface area contributed by atoms with Crippen molar-refractivity contribution in [3.63, 3.8) is 0 Å². The molecule has 0 spiro atoms. The molecule has 1 aromatic carbocycles. The number of rotatable bonds is 9. The van der Waals surface area contributed by atoms with Gasteiger partial charge >= 0.3 is 0 Å². The zero-order valence-corrected chi connectivity index (χ0v) is 17.0. The Hall–Kier alpha value is -0.960. The first kappa shape index (κ1) is 19.4. The molecule has 5 nitrogen and oxygen atoms in total. The van der Waals surface area contributed by atoms with Gasteiger partial charge in [0.25, 0.3) is 0 Å². The molecular weight excluding hydrogens is 408 g/mol. The number of anilines is 1. The Balaban J connectivity index is 2.07. The molecule has 0 atom stereocenters. The van der Waals surface area contributed by atoms with Crippen LogP contribution in [0, 0.1) is 0 Å². The monoisotopic (exact) mass is 428 g/mol. The highest BCUT2D eigenvalue weighted by molar-refractivity contribution is 9.10. The van der Waals surface area contributed by atoms with Crippen molar-refractivity contribution in [2.24, 2.45) is 0 Å². The second kappa shape index (κ2) is 10.1. The number of nitrogens with zero attached hydrogens (tertiary/aromatic N) is 4. The number of aromatic nitrogens is 2. The average Bonchev–Trinajstić information content (AvgIpc) is 3.10. The largest absolute Gasteiger partial charge is 0.310 e. The Morgan fingerprint density at radius 3 is 2.71 bits per heavy atom. The molecule has 0 N–H and O–H groups in total. The lowest BCUT2D eigenvalue weighted by Crippen LogP contribution is -2.39. The molecule has 0 fully saturated rings. The Labute approximate surface area is 159 Å². The van der Waals surface area contributed by atoms with Gasteiger partial charge in [-0.05, 0) is 31.3 Å². The molecular formula is C16H21BrN4OS2. The number of carbonyl (C=O) groups excluding carboxylic acids is 1. The van der Waals surface area contributed by atoms with Gasteiger partial charge in [-0.1, -0.05) is 58.9 Å². The fourth-order valence-electron chi connectivity index (χ4n) is 2.25. The maximum atomic E-state index is 12.8. The number of benzene rings is 1. The van der Waals surface area contributed by atoms with Crippen molar-refractivity contribution >= 4 is 50.6 Å². The Morgan fingerprint density at radius 1 is 1.29 bits per heavy atom. The average molecular weight is 429 g/mol. The van der Waals surface area contributed by atoms with Crippen molar-refractivity contribution in [2.45, 2.75) is 18.2 Å². The van der Waals surface area contributed by atoms with E-state index in [4.69, 9.17) is 0 Å². The fraction of sp³-hybridized carbons (Fsp3) is 0.438. The van der Waals surface area contributed by atoms with Gasteiger partial charge in [-0.3, -0.25) is 4.79 Å². The van der Waals surface area contributed by atoms with Crippen LogP contribution in [0.1, 0.15) is 13.8 Å². The van der Waals surface area contributed by atoms with Crippen LogP contribution in [0.2, 0.25) is 0 Å². The van der Waals surface area contributed by atoms with Gasteiger partial charge in [-0.25, -0.2) is 0 Å². The molecule has 1 aromatic heterocycles. The Bertz CT molecular complexity index is 635. The lowest BCUT2D eigenvalue weighted by molar-refractivity contribution is -0.116. The smallest absolute Gasteiger partial charge is 0.237 e. The predicted molar refractivity (Wildman–Crippen MR) is 105 cm³/mol. The number of hydrogen-bond acceptors (Lipinski definition) is 6. The van der Waals surface area contributed by atoms with Gasteiger partial charge in [0.15, 0.2) is 4.34 Å². The first-order valence-electron chi connectivity index (χ1n) is 7.81. The summed E-state index contributed by atoms with van der Waals surface area (Å²) >= 11 is 6.38. The third-order valence-electron chi connectivity index (χ3n) is 3.61. The van der Waals surface area contributed by atoms with E-state index >= 15 is 0 Å². The molecule has 0 aliphatic carbocycles. The minimum atomic E-state index is 0.0838. The minimum absolute atomic E-state index is 0.0838. The molecule has 0 aliphatic rings. The topological polar surface area (TPSA) is 49.3 Å². The SMILES string of the molecule is CCN(CC)CCN(C(=O)CSc1nncs1)c1cccc(Br)c1. The third-order valence-corrected chi connectivity index (χ3v) is 5.95. The third kappa shape index (κ3) is 5.84. The first-order valence-corrected chi connectivity index (χ1v) is 10.5. The van der Waals surface area contributed by atoms with E-state index in [2.05, 4.69) is 44.9 Å². The van der Waals surface area contributed by atoms with E-state index in [0.717, 1.165) is 34.1 Å². The van der Waals surface area contributed by atoms with Gasteiger partial charge in [-0.2, -0.15) is 0 Å². The van der Waals surface area contributed by atoms with Gasteiger partial charge in [-0.15, -0.1) is 10.2 Å². The van der Waals surface area contributed by atoms with Gasteiger partial charge in [0.05, 0.1) is 5.75 Å². The summed E-state index contributed by atoms with van der Waals surface area (Å²) in [7, 11) is 0. The lowest BCUT2D eigenvalue weighted by atomic mass is 10.2. The van der Waals surface area contributed by atoms with E-state index < -0.39 is 0 Å². The molecule has 0 saturated heterocycles. The lowest BCUT2D eigenvalue weighted by Gasteiger charge is -2.26. The predicted octanol–water partition coefficient (Wildman–Crippen LogP) is 3.77. The van der Waals surface area contributed by atoms with Gasteiger partial charge in [0, 0.05) is 23.2 Å². The van der Waals surface area contributed by atoms with Crippen LogP contribution in [0.25, 0.3) is 0 Å². The Kier molecular flexibility index (Phi) is 8.17. The van der Waals surface area contributed by atoms with Crippen molar-refractivity contribution in [1.29, 1.82) is 0 Å². The highest BCUT2D eigenvalue weighted by Gasteiger charge is 2.17. The van der Waals surface area contributed by atoms with Crippen LogP contribution >= 0.6 is 39.0 Å². The maximum absolute atomic E-state index is 12.8. The number of thioether (sulfide) groups is 1. The molecule has 24 heavy (non-hydrogen) atoms. The molecule has 130 valence electrons. The summed E-state index contributed by atoms with van der Waals surface area (Å²) in [6, 6.07) is 7.87. The molecule has 0 bridgehead atoms. The molecule has 0 saturated carbocycles. The zero-order valence-electron chi connectivity index (χ0n) is 13.8. The van der Waals surface area contributed by atoms with E-state index in [-0.39, 0.29) is 5.91 Å². The molecule has 0 radical (unpaired) electrons. The summed E-state index contributed by atoms with van der Waals surface area (Å²) in [5, 5.41) is 7.79. The molecule has 0 aliphatic heterocycles. The van der Waals surface area contributed by atoms with Gasteiger partial charge in [0.2, 0.25) is 5.91 Å². The summed E-state index contributed by atoms with van der Waals surface area (Å²) in [6.07, 6.45) is 0. The number of hydrogen-bond donors (Lipinski definition) is 0. The van der Waals surface area contributed by atoms with E-state index in [9.17, 15) is 4.79 Å². The summed E-state index contributed by atoms with van der Waals surface area (Å²) < 4.78 is 1.79. The van der Waals surface area contributed by atoms with Gasteiger partial charge in [0.1, 0.15) is 5.51 Å². The molecule has 8 heteroatoms. The first-order chi connectivity index (χ1) is 11.6. The molecule has 1 amide bonds. The second-order valence-corrected chi connectivity index (χ2v) is 8.02. The highest BCUT2D eigenvalue weighted by atomic mass is 79.9. The van der Waals surface area contributed by atoms with Crippen LogP contribution in [0.4, 0.5) is 5.69 Å². The van der Waals surface area contributed by atoms with E-state index in [0.29, 0.717) is 12.3 Å². The van der Waals surface area contributed by atoms with Crippen molar-refractivity contribution in [3.8, 4) is 0 Å². The van der Waals surface area contributed by atoms with E-state index in [1.54, 1.807) is 5.51 Å².